The van der Waals surface area contributed by atoms with Crippen molar-refractivity contribution in [2.24, 2.45) is 12.0 Å². The van der Waals surface area contributed by atoms with E-state index in [9.17, 15) is 0 Å². The maximum Gasteiger partial charge on any atom is 0.194 e. The van der Waals surface area contributed by atoms with Crippen LogP contribution in [0.3, 0.4) is 0 Å². The van der Waals surface area contributed by atoms with Gasteiger partial charge in [0.15, 0.2) is 10.9 Å². The van der Waals surface area contributed by atoms with Crippen LogP contribution in [0.1, 0.15) is 11.4 Å². The predicted molar refractivity (Wildman–Crippen MR) is 95.2 cm³/mol. The van der Waals surface area contributed by atoms with Crippen molar-refractivity contribution in [2.45, 2.75) is 13.1 Å². The fraction of sp³-hybridized carbons (Fsp3) is 0.333. The Balaban J connectivity index is 1.62. The van der Waals surface area contributed by atoms with Gasteiger partial charge in [-0.25, -0.2) is 4.98 Å². The molecule has 0 saturated heterocycles. The first-order valence-electron chi connectivity index (χ1n) is 7.20. The van der Waals surface area contributed by atoms with Crippen molar-refractivity contribution >= 4 is 33.9 Å². The average molecular weight is 351 g/mol. The minimum absolute atomic E-state index is 0.638. The lowest BCUT2D eigenvalue weighted by atomic mass is 10.4. The van der Waals surface area contributed by atoms with E-state index in [2.05, 4.69) is 20.2 Å². The number of hydrogen-bond donors (Lipinski definition) is 1. The van der Waals surface area contributed by atoms with Crippen molar-refractivity contribution in [3.63, 3.8) is 0 Å². The zero-order valence-corrected chi connectivity index (χ0v) is 14.9. The quantitative estimate of drug-likeness (QED) is 0.581. The third-order valence-electron chi connectivity index (χ3n) is 3.62. The molecule has 8 heteroatoms. The van der Waals surface area contributed by atoms with Crippen molar-refractivity contribution in [3.8, 4) is 0 Å². The number of hydrogen-bond acceptors (Lipinski definition) is 3. The molecule has 0 radical (unpaired) electrons. The lowest BCUT2D eigenvalue weighted by molar-refractivity contribution is 0.461. The second kappa shape index (κ2) is 6.64. The third-order valence-corrected chi connectivity index (χ3v) is 4.60. The van der Waals surface area contributed by atoms with E-state index >= 15 is 0 Å². The second-order valence-corrected chi connectivity index (χ2v) is 6.65. The Labute approximate surface area is 144 Å². The molecule has 3 heterocycles. The molecule has 6 nitrogen and oxygen atoms in total. The number of imidazole rings is 1. The van der Waals surface area contributed by atoms with Crippen LogP contribution < -0.4 is 5.32 Å². The summed E-state index contributed by atoms with van der Waals surface area (Å²) >= 11 is 7.67. The van der Waals surface area contributed by atoms with Crippen molar-refractivity contribution in [1.82, 2.24) is 24.2 Å². The van der Waals surface area contributed by atoms with E-state index in [0.29, 0.717) is 6.54 Å². The molecule has 3 aromatic rings. The molecule has 0 aliphatic rings. The van der Waals surface area contributed by atoms with Gasteiger partial charge in [0.2, 0.25) is 0 Å². The smallest absolute Gasteiger partial charge is 0.194 e. The van der Waals surface area contributed by atoms with E-state index in [1.165, 1.54) is 0 Å². The minimum atomic E-state index is 0.638. The molecule has 0 aliphatic heterocycles. The lowest BCUT2D eigenvalue weighted by Crippen LogP contribution is -2.38. The Kier molecular flexibility index (Phi) is 4.58. The van der Waals surface area contributed by atoms with Gasteiger partial charge in [-0.05, 0) is 6.07 Å². The summed E-state index contributed by atoms with van der Waals surface area (Å²) in [5.41, 5.74) is 2.12. The van der Waals surface area contributed by atoms with Gasteiger partial charge in [0.25, 0.3) is 0 Å². The monoisotopic (exact) mass is 350 g/mol. The number of rotatable bonds is 4. The number of aliphatic imine (C=N–C) groups is 1. The Morgan fingerprint density at radius 3 is 2.96 bits per heavy atom. The van der Waals surface area contributed by atoms with Crippen LogP contribution in [0.5, 0.6) is 0 Å². The fourth-order valence-corrected chi connectivity index (χ4v) is 3.45. The first kappa shape index (κ1) is 15.9. The van der Waals surface area contributed by atoms with E-state index in [1.54, 1.807) is 18.4 Å². The molecular formula is C15H19ClN6S. The first-order valence-corrected chi connectivity index (χ1v) is 8.46. The highest BCUT2D eigenvalue weighted by Crippen LogP contribution is 2.14. The number of nitrogens with zero attached hydrogens (tertiary/aromatic N) is 5. The molecule has 0 bridgehead atoms. The van der Waals surface area contributed by atoms with Gasteiger partial charge in [0.1, 0.15) is 0 Å². The first-order chi connectivity index (χ1) is 11.1. The number of thiazole rings is 1. The zero-order valence-electron chi connectivity index (χ0n) is 13.3. The van der Waals surface area contributed by atoms with E-state index < -0.39 is 0 Å². The molecule has 0 aliphatic carbocycles. The summed E-state index contributed by atoms with van der Waals surface area (Å²) in [7, 11) is 5.77. The number of fused-ring (bicyclic) bond motifs is 1. The Morgan fingerprint density at radius 2 is 2.30 bits per heavy atom. The van der Waals surface area contributed by atoms with Crippen LogP contribution in [0, 0.1) is 0 Å². The van der Waals surface area contributed by atoms with E-state index in [4.69, 9.17) is 11.6 Å². The van der Waals surface area contributed by atoms with E-state index in [1.807, 2.05) is 53.1 Å². The molecule has 3 rings (SSSR count). The highest BCUT2D eigenvalue weighted by molar-refractivity contribution is 7.15. The molecule has 0 unspecified atom stereocenters. The molecule has 0 amide bonds. The van der Waals surface area contributed by atoms with Crippen LogP contribution >= 0.6 is 22.9 Å². The second-order valence-electron chi connectivity index (χ2n) is 5.34. The van der Waals surface area contributed by atoms with Crippen LogP contribution in [0.25, 0.3) is 4.96 Å². The summed E-state index contributed by atoms with van der Waals surface area (Å²) in [5.74, 6) is 0.818. The maximum absolute atomic E-state index is 6.04. The van der Waals surface area contributed by atoms with Gasteiger partial charge in [0.05, 0.1) is 23.8 Å². The highest BCUT2D eigenvalue weighted by Gasteiger charge is 2.10. The van der Waals surface area contributed by atoms with Crippen LogP contribution in [0.4, 0.5) is 0 Å². The largest absolute Gasteiger partial charge is 0.351 e. The normalized spacial score (nSPS) is 12.1. The molecule has 0 saturated carbocycles. The molecule has 23 heavy (non-hydrogen) atoms. The summed E-state index contributed by atoms with van der Waals surface area (Å²) in [5, 5.41) is 6.12. The summed E-state index contributed by atoms with van der Waals surface area (Å²) in [6, 6.07) is 1.97. The van der Waals surface area contributed by atoms with Crippen LogP contribution in [0.15, 0.2) is 35.0 Å². The van der Waals surface area contributed by atoms with Gasteiger partial charge >= 0.3 is 0 Å². The summed E-state index contributed by atoms with van der Waals surface area (Å²) in [6.45, 7) is 1.36. The number of halogens is 1. The molecule has 3 aromatic heterocycles. The van der Waals surface area contributed by atoms with Crippen molar-refractivity contribution in [2.75, 3.05) is 14.1 Å². The van der Waals surface area contributed by atoms with Crippen molar-refractivity contribution < 1.29 is 0 Å². The molecule has 122 valence electrons. The van der Waals surface area contributed by atoms with Gasteiger partial charge in [-0.3, -0.25) is 9.39 Å². The van der Waals surface area contributed by atoms with Crippen LogP contribution in [-0.2, 0) is 20.1 Å². The van der Waals surface area contributed by atoms with Crippen LogP contribution in [0.2, 0.25) is 5.02 Å². The predicted octanol–water partition coefficient (Wildman–Crippen LogP) is 2.60. The van der Waals surface area contributed by atoms with E-state index in [0.717, 1.165) is 33.9 Å². The van der Waals surface area contributed by atoms with Gasteiger partial charge < -0.3 is 14.8 Å². The Morgan fingerprint density at radius 1 is 1.48 bits per heavy atom. The van der Waals surface area contributed by atoms with Gasteiger partial charge in [-0.2, -0.15) is 0 Å². The minimum Gasteiger partial charge on any atom is -0.351 e. The topological polar surface area (TPSA) is 49.9 Å². The molecule has 0 aromatic carbocycles. The number of aryl methyl sites for hydroxylation is 1. The zero-order chi connectivity index (χ0) is 16.4. The van der Waals surface area contributed by atoms with Crippen molar-refractivity contribution in [3.05, 3.63) is 46.4 Å². The molecule has 1 N–H and O–H groups in total. The van der Waals surface area contributed by atoms with E-state index in [-0.39, 0.29) is 0 Å². The lowest BCUT2D eigenvalue weighted by Gasteiger charge is -2.22. The molecule has 0 fully saturated rings. The maximum atomic E-state index is 6.04. The SMILES string of the molecule is CN=C(NCc1cn2ccsc2n1)N(C)Cc1cc(Cl)cn1C. The number of nitrogens with one attached hydrogen (secondary N) is 1. The third kappa shape index (κ3) is 3.51. The standard InChI is InChI=1S/C15H19ClN6S/c1-17-14(21(3)10-13-6-11(16)8-20(13)2)18-7-12-9-22-4-5-23-15(22)19-12/h4-6,8-9H,7,10H2,1-3H3,(H,17,18). The summed E-state index contributed by atoms with van der Waals surface area (Å²) in [6.07, 6.45) is 5.94. The Bertz CT molecular complexity index is 802. The van der Waals surface area contributed by atoms with Crippen LogP contribution in [-0.4, -0.2) is 38.9 Å². The highest BCUT2D eigenvalue weighted by atomic mass is 35.5. The summed E-state index contributed by atoms with van der Waals surface area (Å²) in [4.78, 5) is 12.0. The van der Waals surface area contributed by atoms with Crippen molar-refractivity contribution in [1.29, 1.82) is 0 Å². The number of guanidine groups is 1. The molecule has 0 spiro atoms. The number of aromatic nitrogens is 3. The molecule has 0 atom stereocenters. The van der Waals surface area contributed by atoms with Gasteiger partial charge in [0, 0.05) is 50.8 Å². The molecular weight excluding hydrogens is 332 g/mol. The van der Waals surface area contributed by atoms with Gasteiger partial charge in [-0.15, -0.1) is 11.3 Å². The fourth-order valence-electron chi connectivity index (χ4n) is 2.46. The average Bonchev–Trinajstić information content (AvgIpc) is 3.15. The van der Waals surface area contributed by atoms with Gasteiger partial charge in [-0.1, -0.05) is 11.6 Å². The summed E-state index contributed by atoms with van der Waals surface area (Å²) < 4.78 is 4.05. The Hall–Kier alpha value is -1.99.